The van der Waals surface area contributed by atoms with E-state index in [1.165, 1.54) is 0 Å². The lowest BCUT2D eigenvalue weighted by Gasteiger charge is -2.09. The first-order chi connectivity index (χ1) is 8.60. The van der Waals surface area contributed by atoms with Gasteiger partial charge in [-0.25, -0.2) is 4.98 Å². The summed E-state index contributed by atoms with van der Waals surface area (Å²) < 4.78 is 5.63. The number of benzene rings is 1. The third kappa shape index (κ3) is 2.41. The van der Waals surface area contributed by atoms with Gasteiger partial charge >= 0.3 is 0 Å². The fraction of sp³-hybridized carbons (Fsp3) is 0.143. The van der Waals surface area contributed by atoms with Gasteiger partial charge in [0, 0.05) is 11.4 Å². The number of hydrogen-bond acceptors (Lipinski definition) is 4. The highest BCUT2D eigenvalue weighted by Gasteiger charge is 2.10. The highest BCUT2D eigenvalue weighted by atomic mass is 16.5. The third-order valence-corrected chi connectivity index (χ3v) is 2.52. The Kier molecular flexibility index (Phi) is 3.16. The van der Waals surface area contributed by atoms with E-state index < -0.39 is 0 Å². The molecule has 2 N–H and O–H groups in total. The Hall–Kier alpha value is -2.54. The van der Waals surface area contributed by atoms with Crippen LogP contribution in [0.15, 0.2) is 30.3 Å². The molecule has 0 saturated carbocycles. The van der Waals surface area contributed by atoms with Gasteiger partial charge in [0.1, 0.15) is 17.4 Å². The molecule has 1 aromatic carbocycles. The number of nitrogens with two attached hydrogens (primary N) is 1. The van der Waals surface area contributed by atoms with Crippen molar-refractivity contribution in [2.24, 2.45) is 0 Å². The van der Waals surface area contributed by atoms with Crippen LogP contribution in [0.5, 0.6) is 11.6 Å². The van der Waals surface area contributed by atoms with E-state index in [1.807, 2.05) is 19.9 Å². The second-order valence-corrected chi connectivity index (χ2v) is 4.04. The predicted molar refractivity (Wildman–Crippen MR) is 69.4 cm³/mol. The molecule has 0 unspecified atom stereocenters. The second-order valence-electron chi connectivity index (χ2n) is 4.04. The minimum atomic E-state index is 0.333. The summed E-state index contributed by atoms with van der Waals surface area (Å²) in [6.07, 6.45) is 0. The summed E-state index contributed by atoms with van der Waals surface area (Å²) in [5.74, 6) is 0.943. The molecule has 1 heterocycles. The van der Waals surface area contributed by atoms with Crippen LogP contribution >= 0.6 is 0 Å². The predicted octanol–water partition coefficient (Wildman–Crippen LogP) is 2.94. The fourth-order valence-corrected chi connectivity index (χ4v) is 1.66. The van der Waals surface area contributed by atoms with Gasteiger partial charge in [-0.2, -0.15) is 5.26 Å². The summed E-state index contributed by atoms with van der Waals surface area (Å²) in [5.41, 5.74) is 8.39. The molecule has 0 bridgehead atoms. The first-order valence-corrected chi connectivity index (χ1v) is 5.52. The largest absolute Gasteiger partial charge is 0.438 e. The van der Waals surface area contributed by atoms with E-state index in [1.54, 1.807) is 24.3 Å². The van der Waals surface area contributed by atoms with Crippen LogP contribution in [-0.2, 0) is 0 Å². The minimum Gasteiger partial charge on any atom is -0.438 e. The van der Waals surface area contributed by atoms with Gasteiger partial charge in [-0.3, -0.25) is 0 Å². The van der Waals surface area contributed by atoms with Gasteiger partial charge in [-0.1, -0.05) is 0 Å². The van der Waals surface area contributed by atoms with E-state index in [2.05, 4.69) is 11.1 Å². The number of nitrogens with zero attached hydrogens (tertiary/aromatic N) is 2. The van der Waals surface area contributed by atoms with E-state index in [0.717, 1.165) is 11.3 Å². The van der Waals surface area contributed by atoms with Crippen LogP contribution in [0.4, 0.5) is 5.69 Å². The average Bonchev–Trinajstić information content (AvgIpc) is 2.32. The zero-order valence-electron chi connectivity index (χ0n) is 10.3. The number of nitriles is 1. The molecule has 0 radical (unpaired) electrons. The first-order valence-electron chi connectivity index (χ1n) is 5.52. The van der Waals surface area contributed by atoms with E-state index >= 15 is 0 Å². The molecule has 0 aliphatic heterocycles. The maximum absolute atomic E-state index is 9.12. The lowest BCUT2D eigenvalue weighted by Crippen LogP contribution is -1.97. The Morgan fingerprint density at radius 2 is 1.89 bits per heavy atom. The smallest absolute Gasteiger partial charge is 0.237 e. The second kappa shape index (κ2) is 4.76. The summed E-state index contributed by atoms with van der Waals surface area (Å²) in [5, 5.41) is 9.12. The van der Waals surface area contributed by atoms with Crippen molar-refractivity contribution in [3.63, 3.8) is 0 Å². The zero-order chi connectivity index (χ0) is 13.1. The maximum atomic E-state index is 9.12. The van der Waals surface area contributed by atoms with Gasteiger partial charge in [0.15, 0.2) is 0 Å². The van der Waals surface area contributed by atoms with Gasteiger partial charge in [0.25, 0.3) is 0 Å². The van der Waals surface area contributed by atoms with Crippen molar-refractivity contribution in [3.05, 3.63) is 47.2 Å². The highest BCUT2D eigenvalue weighted by molar-refractivity contribution is 5.48. The van der Waals surface area contributed by atoms with Gasteiger partial charge in [0.05, 0.1) is 0 Å². The summed E-state index contributed by atoms with van der Waals surface area (Å²) in [6.45, 7) is 3.73. The quantitative estimate of drug-likeness (QED) is 0.818. The molecule has 0 spiro atoms. The molecule has 0 fully saturated rings. The number of anilines is 1. The molecular weight excluding hydrogens is 226 g/mol. The monoisotopic (exact) mass is 239 g/mol. The van der Waals surface area contributed by atoms with Gasteiger partial charge in [-0.15, -0.1) is 0 Å². The standard InChI is InChI=1S/C14H13N3O/c1-9-7-10(2)17-14(13(9)8-15)18-12-5-3-11(16)4-6-12/h3-7H,16H2,1-2H3. The van der Waals surface area contributed by atoms with Crippen molar-refractivity contribution in [1.82, 2.24) is 4.98 Å². The maximum Gasteiger partial charge on any atom is 0.237 e. The van der Waals surface area contributed by atoms with Crippen molar-refractivity contribution in [1.29, 1.82) is 5.26 Å². The first kappa shape index (κ1) is 11.9. The average molecular weight is 239 g/mol. The number of aryl methyl sites for hydroxylation is 2. The molecular formula is C14H13N3O. The summed E-state index contributed by atoms with van der Waals surface area (Å²) in [4.78, 5) is 4.25. The summed E-state index contributed by atoms with van der Waals surface area (Å²) >= 11 is 0. The molecule has 4 nitrogen and oxygen atoms in total. The fourth-order valence-electron chi connectivity index (χ4n) is 1.66. The van der Waals surface area contributed by atoms with Gasteiger partial charge in [-0.05, 0) is 49.7 Å². The molecule has 90 valence electrons. The molecule has 4 heteroatoms. The van der Waals surface area contributed by atoms with Crippen LogP contribution in [0.1, 0.15) is 16.8 Å². The number of pyridine rings is 1. The van der Waals surface area contributed by atoms with Crippen LogP contribution < -0.4 is 10.5 Å². The summed E-state index contributed by atoms with van der Waals surface area (Å²) in [6, 6.07) is 10.9. The van der Waals surface area contributed by atoms with E-state index in [9.17, 15) is 0 Å². The number of nitrogen functional groups attached to an aromatic ring is 1. The van der Waals surface area contributed by atoms with Crippen molar-refractivity contribution in [2.45, 2.75) is 13.8 Å². The Bertz CT molecular complexity index is 612. The lowest BCUT2D eigenvalue weighted by molar-refractivity contribution is 0.459. The van der Waals surface area contributed by atoms with E-state index in [-0.39, 0.29) is 0 Å². The lowest BCUT2D eigenvalue weighted by atomic mass is 10.1. The Morgan fingerprint density at radius 3 is 2.50 bits per heavy atom. The number of hydrogen-bond donors (Lipinski definition) is 1. The van der Waals surface area contributed by atoms with E-state index in [0.29, 0.717) is 22.9 Å². The number of ether oxygens (including phenoxy) is 1. The van der Waals surface area contributed by atoms with Crippen molar-refractivity contribution >= 4 is 5.69 Å². The molecule has 2 aromatic rings. The Labute approximate surface area is 106 Å². The normalized spacial score (nSPS) is 9.83. The Balaban J connectivity index is 2.40. The molecule has 0 aliphatic carbocycles. The molecule has 1 aromatic heterocycles. The van der Waals surface area contributed by atoms with Crippen molar-refractivity contribution in [2.75, 3.05) is 5.73 Å². The zero-order valence-corrected chi connectivity index (χ0v) is 10.3. The SMILES string of the molecule is Cc1cc(C)c(C#N)c(Oc2ccc(N)cc2)n1. The van der Waals surface area contributed by atoms with Gasteiger partial charge < -0.3 is 10.5 Å². The molecule has 2 rings (SSSR count). The molecule has 0 aliphatic rings. The van der Waals surface area contributed by atoms with Crippen LogP contribution in [0.25, 0.3) is 0 Å². The van der Waals surface area contributed by atoms with Crippen LogP contribution in [-0.4, -0.2) is 4.98 Å². The topological polar surface area (TPSA) is 71.9 Å². The van der Waals surface area contributed by atoms with Crippen LogP contribution in [0, 0.1) is 25.2 Å². The summed E-state index contributed by atoms with van der Waals surface area (Å²) in [7, 11) is 0. The molecule has 0 amide bonds. The van der Waals surface area contributed by atoms with Crippen LogP contribution in [0.3, 0.4) is 0 Å². The van der Waals surface area contributed by atoms with Crippen molar-refractivity contribution in [3.8, 4) is 17.7 Å². The minimum absolute atomic E-state index is 0.333. The number of rotatable bonds is 2. The third-order valence-electron chi connectivity index (χ3n) is 2.52. The highest BCUT2D eigenvalue weighted by Crippen LogP contribution is 2.26. The molecule has 18 heavy (non-hydrogen) atoms. The molecule has 0 saturated heterocycles. The molecule has 0 atom stereocenters. The van der Waals surface area contributed by atoms with Gasteiger partial charge in [0.2, 0.25) is 5.88 Å². The van der Waals surface area contributed by atoms with Crippen molar-refractivity contribution < 1.29 is 4.74 Å². The van der Waals surface area contributed by atoms with E-state index in [4.69, 9.17) is 15.7 Å². The van der Waals surface area contributed by atoms with Crippen LogP contribution in [0.2, 0.25) is 0 Å². The number of aromatic nitrogens is 1. The Morgan fingerprint density at radius 1 is 1.22 bits per heavy atom.